The van der Waals surface area contributed by atoms with E-state index in [1.54, 1.807) is 0 Å². The van der Waals surface area contributed by atoms with Crippen molar-refractivity contribution in [2.45, 2.75) is 232 Å². The average Bonchev–Trinajstić information content (AvgIpc) is 3.17. The molecule has 8 nitrogen and oxygen atoms in total. The first-order chi connectivity index (χ1) is 26.6. The number of rotatable bonds is 44. The minimum atomic E-state index is -0.537. The number of aliphatic hydroxyl groups is 1. The Labute approximate surface area is 334 Å². The summed E-state index contributed by atoms with van der Waals surface area (Å²) in [6.07, 6.45) is 36.9. The summed E-state index contributed by atoms with van der Waals surface area (Å²) in [6.45, 7) is 11.5. The van der Waals surface area contributed by atoms with Crippen LogP contribution in [-0.2, 0) is 23.7 Å². The smallest absolute Gasteiger partial charge is 0.462 e. The molecule has 0 rings (SSSR count). The zero-order valence-electron chi connectivity index (χ0n) is 36.2. The summed E-state index contributed by atoms with van der Waals surface area (Å²) in [6, 6.07) is 0. The Morgan fingerprint density at radius 3 is 1.35 bits per heavy atom. The molecule has 0 amide bonds. The maximum absolute atomic E-state index is 12.8. The van der Waals surface area contributed by atoms with E-state index in [1.807, 2.05) is 0 Å². The predicted molar refractivity (Wildman–Crippen MR) is 226 cm³/mol. The minimum Gasteiger partial charge on any atom is -0.462 e. The van der Waals surface area contributed by atoms with Crippen molar-refractivity contribution in [2.75, 3.05) is 52.7 Å². The topological polar surface area (TPSA) is 94.5 Å². The van der Waals surface area contributed by atoms with Gasteiger partial charge in [0.25, 0.3) is 0 Å². The van der Waals surface area contributed by atoms with Crippen LogP contribution < -0.4 is 0 Å². The Morgan fingerprint density at radius 2 is 0.870 bits per heavy atom. The van der Waals surface area contributed by atoms with Crippen LogP contribution in [0.15, 0.2) is 0 Å². The molecule has 0 fully saturated rings. The second-order valence-corrected chi connectivity index (χ2v) is 15.8. The number of hydrogen-bond donors (Lipinski definition) is 1. The molecule has 0 aliphatic rings. The number of carbonyl (C=O) groups excluding carboxylic acids is 2. The van der Waals surface area contributed by atoms with Crippen LogP contribution in [-0.4, -0.2) is 80.9 Å². The fourth-order valence-corrected chi connectivity index (χ4v) is 7.02. The Hall–Kier alpha value is -1.38. The highest BCUT2D eigenvalue weighted by atomic mass is 16.7. The minimum absolute atomic E-state index is 0.00222. The maximum Gasteiger partial charge on any atom is 0.508 e. The molecular formula is C46H91NO7. The molecule has 0 spiro atoms. The Morgan fingerprint density at radius 1 is 0.463 bits per heavy atom. The Bertz CT molecular complexity index is 751. The van der Waals surface area contributed by atoms with E-state index in [4.69, 9.17) is 24.1 Å². The van der Waals surface area contributed by atoms with Gasteiger partial charge in [-0.05, 0) is 77.3 Å². The van der Waals surface area contributed by atoms with E-state index < -0.39 is 6.16 Å². The van der Waals surface area contributed by atoms with Crippen molar-refractivity contribution in [1.29, 1.82) is 0 Å². The molecular weight excluding hydrogens is 679 g/mol. The molecule has 322 valence electrons. The number of hydrogen-bond acceptors (Lipinski definition) is 8. The predicted octanol–water partition coefficient (Wildman–Crippen LogP) is 12.9. The first-order valence-corrected chi connectivity index (χ1v) is 23.5. The average molecular weight is 770 g/mol. The lowest BCUT2D eigenvalue weighted by Gasteiger charge is -2.22. The number of aliphatic hydroxyl groups excluding tert-OH is 1. The van der Waals surface area contributed by atoms with E-state index in [-0.39, 0.29) is 18.7 Å². The molecule has 0 heterocycles. The fraction of sp³-hybridized carbons (Fsp3) is 0.957. The molecule has 0 bridgehead atoms. The van der Waals surface area contributed by atoms with Crippen LogP contribution in [0.1, 0.15) is 226 Å². The largest absolute Gasteiger partial charge is 0.508 e. The summed E-state index contributed by atoms with van der Waals surface area (Å²) in [7, 11) is 0. The van der Waals surface area contributed by atoms with Gasteiger partial charge in [0.15, 0.2) is 0 Å². The second kappa shape index (κ2) is 44.3. The molecule has 0 aliphatic heterocycles. The highest BCUT2D eigenvalue weighted by Gasteiger charge is 2.14. The molecule has 54 heavy (non-hydrogen) atoms. The summed E-state index contributed by atoms with van der Waals surface area (Å²) in [4.78, 5) is 27.1. The van der Waals surface area contributed by atoms with Gasteiger partial charge in [0.05, 0.1) is 33.0 Å². The Balaban J connectivity index is 4.15. The number of carbonyl (C=O) groups is 2. The van der Waals surface area contributed by atoms with Gasteiger partial charge in [0.2, 0.25) is 0 Å². The zero-order chi connectivity index (χ0) is 39.4. The van der Waals surface area contributed by atoms with Gasteiger partial charge in [-0.1, -0.05) is 156 Å². The molecule has 0 aromatic carbocycles. The Kier molecular flexibility index (Phi) is 43.2. The van der Waals surface area contributed by atoms with Crippen molar-refractivity contribution in [1.82, 2.24) is 4.90 Å². The molecule has 0 aromatic rings. The van der Waals surface area contributed by atoms with Crippen molar-refractivity contribution in [3.8, 4) is 0 Å². The fourth-order valence-electron chi connectivity index (χ4n) is 7.02. The van der Waals surface area contributed by atoms with Gasteiger partial charge in [0.1, 0.15) is 6.10 Å². The number of esters is 1. The summed E-state index contributed by atoms with van der Waals surface area (Å²) in [5.74, 6) is 0.00222. The summed E-state index contributed by atoms with van der Waals surface area (Å²) in [5.41, 5.74) is 0. The third kappa shape index (κ3) is 40.3. The van der Waals surface area contributed by atoms with Crippen molar-refractivity contribution in [3.63, 3.8) is 0 Å². The van der Waals surface area contributed by atoms with Gasteiger partial charge < -0.3 is 29.0 Å². The van der Waals surface area contributed by atoms with Crippen LogP contribution in [0.2, 0.25) is 0 Å². The van der Waals surface area contributed by atoms with Crippen LogP contribution in [0.5, 0.6) is 0 Å². The zero-order valence-corrected chi connectivity index (χ0v) is 36.2. The van der Waals surface area contributed by atoms with Gasteiger partial charge in [0, 0.05) is 13.0 Å². The van der Waals surface area contributed by atoms with Gasteiger partial charge in [-0.3, -0.25) is 4.79 Å². The molecule has 0 aromatic heterocycles. The van der Waals surface area contributed by atoms with Gasteiger partial charge >= 0.3 is 12.1 Å². The van der Waals surface area contributed by atoms with E-state index in [0.29, 0.717) is 32.8 Å². The molecule has 8 heteroatoms. The molecule has 0 radical (unpaired) electrons. The van der Waals surface area contributed by atoms with Gasteiger partial charge in [-0.2, -0.15) is 0 Å². The van der Waals surface area contributed by atoms with Crippen molar-refractivity contribution < 1.29 is 33.6 Å². The van der Waals surface area contributed by atoms with E-state index >= 15 is 0 Å². The molecule has 0 saturated carbocycles. The second-order valence-electron chi connectivity index (χ2n) is 15.8. The summed E-state index contributed by atoms with van der Waals surface area (Å²) < 4.78 is 22.1. The third-order valence-corrected chi connectivity index (χ3v) is 10.5. The quantitative estimate of drug-likeness (QED) is 0.0483. The van der Waals surface area contributed by atoms with Crippen molar-refractivity contribution in [2.24, 2.45) is 0 Å². The molecule has 0 unspecified atom stereocenters. The lowest BCUT2D eigenvalue weighted by molar-refractivity contribution is -0.150. The summed E-state index contributed by atoms with van der Waals surface area (Å²) >= 11 is 0. The van der Waals surface area contributed by atoms with E-state index in [1.165, 1.54) is 122 Å². The molecule has 1 N–H and O–H groups in total. The SMILES string of the molecule is CCCCCCCCCCCOC(=O)OCCCCCN(CCCCCCCC(=O)OC(CCCCCCCC)CCCCCCCC)CCOCCO. The first-order valence-electron chi connectivity index (χ1n) is 23.5. The molecule has 0 saturated heterocycles. The van der Waals surface area contributed by atoms with Crippen LogP contribution in [0.4, 0.5) is 4.79 Å². The normalized spacial score (nSPS) is 11.5. The van der Waals surface area contributed by atoms with Gasteiger partial charge in [-0.15, -0.1) is 0 Å². The molecule has 0 atom stereocenters. The highest BCUT2D eigenvalue weighted by molar-refractivity contribution is 5.69. The van der Waals surface area contributed by atoms with Crippen LogP contribution in [0, 0.1) is 0 Å². The third-order valence-electron chi connectivity index (χ3n) is 10.5. The van der Waals surface area contributed by atoms with E-state index in [2.05, 4.69) is 25.7 Å². The highest BCUT2D eigenvalue weighted by Crippen LogP contribution is 2.18. The maximum atomic E-state index is 12.8. The van der Waals surface area contributed by atoms with E-state index in [0.717, 1.165) is 96.7 Å². The number of unbranched alkanes of at least 4 members (excludes halogenated alkanes) is 24. The number of ether oxygens (including phenoxy) is 4. The van der Waals surface area contributed by atoms with Crippen LogP contribution >= 0.6 is 0 Å². The van der Waals surface area contributed by atoms with Gasteiger partial charge in [-0.25, -0.2) is 4.79 Å². The van der Waals surface area contributed by atoms with E-state index in [9.17, 15) is 9.59 Å². The lowest BCUT2D eigenvalue weighted by Crippen LogP contribution is -2.30. The van der Waals surface area contributed by atoms with Crippen molar-refractivity contribution >= 4 is 12.1 Å². The summed E-state index contributed by atoms with van der Waals surface area (Å²) in [5, 5.41) is 9.06. The van der Waals surface area contributed by atoms with Crippen LogP contribution in [0.25, 0.3) is 0 Å². The molecule has 0 aliphatic carbocycles. The van der Waals surface area contributed by atoms with Crippen molar-refractivity contribution in [3.05, 3.63) is 0 Å². The first kappa shape index (κ1) is 52.6. The van der Waals surface area contributed by atoms with Crippen LogP contribution in [0.3, 0.4) is 0 Å². The lowest BCUT2D eigenvalue weighted by atomic mass is 10.0. The number of nitrogens with zero attached hydrogens (tertiary/aromatic N) is 1. The monoisotopic (exact) mass is 770 g/mol. The standard InChI is InChI=1S/C46H91NO7/c1-4-7-10-13-16-17-18-24-31-40-52-46(50)53-41-32-25-30-37-47(38-42-51-43-39-48)36-29-23-19-22-28-35-45(49)54-44(33-26-20-14-11-8-5-2)34-27-21-15-12-9-6-3/h44,48H,4-43H2,1-3H3.